The minimum atomic E-state index is -0.837. The van der Waals surface area contributed by atoms with E-state index in [2.05, 4.69) is 9.72 Å². The van der Waals surface area contributed by atoms with Crippen LogP contribution >= 0.6 is 0 Å². The highest BCUT2D eigenvalue weighted by Gasteiger charge is 2.24. The number of aromatic nitrogens is 1. The number of hydrogen-bond donors (Lipinski definition) is 1. The largest absolute Gasteiger partial charge is 0.453 e. The molecule has 0 radical (unpaired) electrons. The van der Waals surface area contributed by atoms with Crippen LogP contribution in [-0.4, -0.2) is 36.6 Å². The van der Waals surface area contributed by atoms with Crippen LogP contribution in [0.4, 0.5) is 0 Å². The van der Waals surface area contributed by atoms with E-state index in [0.717, 1.165) is 16.6 Å². The maximum absolute atomic E-state index is 12.4. The fourth-order valence-corrected chi connectivity index (χ4v) is 2.20. The molecule has 1 N–H and O–H groups in total. The minimum absolute atomic E-state index is 0.162. The number of aromatic amines is 1. The van der Waals surface area contributed by atoms with Gasteiger partial charge in [-0.2, -0.15) is 0 Å². The lowest BCUT2D eigenvalue weighted by molar-refractivity contribution is -0.150. The lowest BCUT2D eigenvalue weighted by Gasteiger charge is -2.12. The van der Waals surface area contributed by atoms with Crippen molar-refractivity contribution >= 4 is 22.7 Å². The van der Waals surface area contributed by atoms with E-state index in [-0.39, 0.29) is 12.4 Å². The first-order valence-corrected chi connectivity index (χ1v) is 6.34. The van der Waals surface area contributed by atoms with Crippen LogP contribution in [0.3, 0.4) is 0 Å². The number of fused-ring (bicyclic) bond motifs is 1. The number of nitrogens with one attached hydrogen (secondary N) is 1. The summed E-state index contributed by atoms with van der Waals surface area (Å²) in [7, 11) is 1.40. The molecule has 1 aromatic heterocycles. The molecule has 0 spiro atoms. The number of benzene rings is 1. The molecule has 2 aromatic rings. The van der Waals surface area contributed by atoms with Crippen molar-refractivity contribution in [2.75, 3.05) is 13.7 Å². The summed E-state index contributed by atoms with van der Waals surface area (Å²) in [5.41, 5.74) is 2.23. The van der Waals surface area contributed by atoms with Gasteiger partial charge in [-0.25, -0.2) is 4.79 Å². The second kappa shape index (κ2) is 5.88. The molecule has 0 aliphatic carbocycles. The Morgan fingerprint density at radius 2 is 2.00 bits per heavy atom. The second-order valence-corrected chi connectivity index (χ2v) is 4.60. The third kappa shape index (κ3) is 2.72. The molecule has 0 saturated carbocycles. The molecule has 0 aliphatic heterocycles. The number of Topliss-reactive ketones (excluding diaryl/α,β-unsaturated/α-hetero) is 1. The van der Waals surface area contributed by atoms with Crippen LogP contribution < -0.4 is 0 Å². The van der Waals surface area contributed by atoms with Crippen molar-refractivity contribution in [1.29, 1.82) is 0 Å². The number of ketones is 1. The van der Waals surface area contributed by atoms with Crippen LogP contribution in [0.1, 0.15) is 23.0 Å². The highest BCUT2D eigenvalue weighted by molar-refractivity contribution is 6.11. The predicted molar refractivity (Wildman–Crippen MR) is 74.8 cm³/mol. The van der Waals surface area contributed by atoms with Gasteiger partial charge in [0.05, 0.1) is 0 Å². The molecule has 1 aromatic carbocycles. The van der Waals surface area contributed by atoms with E-state index in [4.69, 9.17) is 4.74 Å². The maximum atomic E-state index is 12.4. The number of hydrogen-bond acceptors (Lipinski definition) is 4. The van der Waals surface area contributed by atoms with Crippen molar-refractivity contribution in [2.24, 2.45) is 0 Å². The SMILES string of the molecule is COCC(=O)O[C@@H](C)C(=O)c1c(C)[nH]c2ccccc12. The lowest BCUT2D eigenvalue weighted by Crippen LogP contribution is -2.26. The van der Waals surface area contributed by atoms with Crippen LogP contribution in [0.2, 0.25) is 0 Å². The van der Waals surface area contributed by atoms with Crippen molar-refractivity contribution < 1.29 is 19.1 Å². The van der Waals surface area contributed by atoms with E-state index in [0.29, 0.717) is 5.56 Å². The van der Waals surface area contributed by atoms with Crippen LogP contribution in [0.25, 0.3) is 10.9 Å². The smallest absolute Gasteiger partial charge is 0.332 e. The van der Waals surface area contributed by atoms with Gasteiger partial charge in [0.2, 0.25) is 5.78 Å². The molecule has 5 nitrogen and oxygen atoms in total. The number of carbonyl (C=O) groups excluding carboxylic acids is 2. The van der Waals surface area contributed by atoms with Gasteiger partial charge >= 0.3 is 5.97 Å². The standard InChI is InChI=1S/C15H17NO4/c1-9-14(11-6-4-5-7-12(11)16-9)15(18)10(2)20-13(17)8-19-3/h4-7,10,16H,8H2,1-3H3/t10-/m0/s1. The molecule has 1 heterocycles. The summed E-state index contributed by atoms with van der Waals surface area (Å²) < 4.78 is 9.73. The van der Waals surface area contributed by atoms with E-state index < -0.39 is 12.1 Å². The van der Waals surface area contributed by atoms with Gasteiger partial charge in [-0.05, 0) is 19.9 Å². The second-order valence-electron chi connectivity index (χ2n) is 4.60. The summed E-state index contributed by atoms with van der Waals surface area (Å²) in [6, 6.07) is 7.54. The Bertz CT molecular complexity index is 644. The number of ether oxygens (including phenoxy) is 2. The highest BCUT2D eigenvalue weighted by Crippen LogP contribution is 2.23. The Labute approximate surface area is 116 Å². The molecular weight excluding hydrogens is 258 g/mol. The molecule has 0 fully saturated rings. The summed E-state index contributed by atoms with van der Waals surface area (Å²) in [5, 5.41) is 0.838. The van der Waals surface area contributed by atoms with Crippen molar-refractivity contribution in [2.45, 2.75) is 20.0 Å². The number of carbonyl (C=O) groups is 2. The Balaban J connectivity index is 2.27. The fourth-order valence-electron chi connectivity index (χ4n) is 2.20. The summed E-state index contributed by atoms with van der Waals surface area (Å²) in [4.78, 5) is 27.0. The van der Waals surface area contributed by atoms with Crippen molar-refractivity contribution in [1.82, 2.24) is 4.98 Å². The molecule has 1 atom stereocenters. The highest BCUT2D eigenvalue weighted by atomic mass is 16.6. The number of para-hydroxylation sites is 1. The molecule has 0 bridgehead atoms. The first kappa shape index (κ1) is 14.3. The van der Waals surface area contributed by atoms with E-state index in [9.17, 15) is 9.59 Å². The monoisotopic (exact) mass is 275 g/mol. The predicted octanol–water partition coefficient (Wildman–Crippen LogP) is 2.24. The van der Waals surface area contributed by atoms with E-state index >= 15 is 0 Å². The zero-order chi connectivity index (χ0) is 14.7. The van der Waals surface area contributed by atoms with Crippen molar-refractivity contribution in [3.63, 3.8) is 0 Å². The lowest BCUT2D eigenvalue weighted by atomic mass is 10.0. The zero-order valence-electron chi connectivity index (χ0n) is 11.7. The number of aryl methyl sites for hydroxylation is 1. The molecule has 0 saturated heterocycles. The van der Waals surface area contributed by atoms with E-state index in [1.165, 1.54) is 7.11 Å². The molecule has 5 heteroatoms. The molecule has 106 valence electrons. The molecule has 0 amide bonds. The van der Waals surface area contributed by atoms with Crippen LogP contribution in [-0.2, 0) is 14.3 Å². The van der Waals surface area contributed by atoms with Gasteiger partial charge in [-0.3, -0.25) is 4.79 Å². The Kier molecular flexibility index (Phi) is 4.20. The first-order chi connectivity index (χ1) is 9.54. The van der Waals surface area contributed by atoms with Gasteiger partial charge in [-0.1, -0.05) is 18.2 Å². The van der Waals surface area contributed by atoms with Crippen molar-refractivity contribution in [3.8, 4) is 0 Å². The number of esters is 1. The topological polar surface area (TPSA) is 68.4 Å². The van der Waals surface area contributed by atoms with Crippen LogP contribution in [0.5, 0.6) is 0 Å². The molecular formula is C15H17NO4. The molecule has 20 heavy (non-hydrogen) atoms. The van der Waals surface area contributed by atoms with Crippen molar-refractivity contribution in [3.05, 3.63) is 35.5 Å². The van der Waals surface area contributed by atoms with E-state index in [1.54, 1.807) is 6.92 Å². The molecule has 0 unspecified atom stereocenters. The Morgan fingerprint density at radius 3 is 2.70 bits per heavy atom. The van der Waals surface area contributed by atoms with Crippen LogP contribution in [0, 0.1) is 6.92 Å². The summed E-state index contributed by atoms with van der Waals surface area (Å²) in [6.07, 6.45) is -0.837. The summed E-state index contributed by atoms with van der Waals surface area (Å²) in [6.45, 7) is 3.23. The molecule has 2 rings (SSSR count). The average Bonchev–Trinajstić information content (AvgIpc) is 2.73. The van der Waals surface area contributed by atoms with Gasteiger partial charge in [0.1, 0.15) is 6.61 Å². The van der Waals surface area contributed by atoms with Crippen LogP contribution in [0.15, 0.2) is 24.3 Å². The van der Waals surface area contributed by atoms with Gasteiger partial charge in [-0.15, -0.1) is 0 Å². The van der Waals surface area contributed by atoms with Gasteiger partial charge < -0.3 is 14.5 Å². The first-order valence-electron chi connectivity index (χ1n) is 6.34. The fraction of sp³-hybridized carbons (Fsp3) is 0.333. The Morgan fingerprint density at radius 1 is 1.30 bits per heavy atom. The van der Waals surface area contributed by atoms with Gasteiger partial charge in [0, 0.05) is 29.3 Å². The number of methoxy groups -OCH3 is 1. The van der Waals surface area contributed by atoms with Gasteiger partial charge in [0.25, 0.3) is 0 Å². The van der Waals surface area contributed by atoms with E-state index in [1.807, 2.05) is 31.2 Å². The summed E-state index contributed by atoms with van der Waals surface area (Å²) in [5.74, 6) is -0.768. The number of H-pyrrole nitrogens is 1. The maximum Gasteiger partial charge on any atom is 0.332 e. The zero-order valence-corrected chi connectivity index (χ0v) is 11.7. The normalized spacial score (nSPS) is 12.3. The average molecular weight is 275 g/mol. The number of rotatable bonds is 5. The minimum Gasteiger partial charge on any atom is -0.453 e. The molecule has 0 aliphatic rings. The third-order valence-electron chi connectivity index (χ3n) is 3.08. The quantitative estimate of drug-likeness (QED) is 0.671. The summed E-state index contributed by atoms with van der Waals surface area (Å²) >= 11 is 0. The Hall–Kier alpha value is -2.14. The van der Waals surface area contributed by atoms with Gasteiger partial charge in [0.15, 0.2) is 6.10 Å². The third-order valence-corrected chi connectivity index (χ3v) is 3.08.